The summed E-state index contributed by atoms with van der Waals surface area (Å²) >= 11 is 11.7. The fourth-order valence-electron chi connectivity index (χ4n) is 1.66. The molecule has 0 amide bonds. The van der Waals surface area contributed by atoms with Gasteiger partial charge in [-0.1, -0.05) is 41.4 Å². The molecule has 1 heterocycles. The molecule has 0 spiro atoms. The maximum atomic E-state index is 6.00. The predicted molar refractivity (Wildman–Crippen MR) is 77.8 cm³/mol. The van der Waals surface area contributed by atoms with Gasteiger partial charge < -0.3 is 10.1 Å². The van der Waals surface area contributed by atoms with Crippen LogP contribution in [0.1, 0.15) is 11.1 Å². The van der Waals surface area contributed by atoms with Gasteiger partial charge in [-0.3, -0.25) is 0 Å². The molecule has 3 nitrogen and oxygen atoms in total. The van der Waals surface area contributed by atoms with Gasteiger partial charge in [-0.05, 0) is 23.8 Å². The number of halogens is 2. The highest BCUT2D eigenvalue weighted by Crippen LogP contribution is 2.16. The Morgan fingerprint density at radius 2 is 1.79 bits per heavy atom. The Morgan fingerprint density at radius 1 is 1.05 bits per heavy atom. The lowest BCUT2D eigenvalue weighted by Gasteiger charge is -2.07. The van der Waals surface area contributed by atoms with Gasteiger partial charge >= 0.3 is 0 Å². The number of ether oxygens (including phenoxy) is 1. The predicted octanol–water partition coefficient (Wildman–Crippen LogP) is 3.69. The van der Waals surface area contributed by atoms with Gasteiger partial charge in [-0.2, -0.15) is 0 Å². The van der Waals surface area contributed by atoms with E-state index >= 15 is 0 Å². The zero-order valence-electron chi connectivity index (χ0n) is 10.5. The van der Waals surface area contributed by atoms with Crippen molar-refractivity contribution in [2.75, 3.05) is 7.11 Å². The van der Waals surface area contributed by atoms with Crippen LogP contribution < -0.4 is 10.1 Å². The molecule has 100 valence electrons. The molecule has 0 aliphatic heterocycles. The number of hydrogen-bond donors (Lipinski definition) is 1. The molecule has 1 aromatic heterocycles. The summed E-state index contributed by atoms with van der Waals surface area (Å²) in [5.41, 5.74) is 2.11. The van der Waals surface area contributed by atoms with E-state index in [9.17, 15) is 0 Å². The summed E-state index contributed by atoms with van der Waals surface area (Å²) < 4.78 is 5.11. The number of nitrogens with one attached hydrogen (secondary N) is 1. The van der Waals surface area contributed by atoms with Crippen molar-refractivity contribution in [2.45, 2.75) is 13.1 Å². The second kappa shape index (κ2) is 6.75. The van der Waals surface area contributed by atoms with Crippen molar-refractivity contribution in [3.8, 4) is 5.75 Å². The highest BCUT2D eigenvalue weighted by Gasteiger charge is 2.02. The molecular formula is C14H14Cl2N2O. The Labute approximate surface area is 122 Å². The van der Waals surface area contributed by atoms with E-state index in [0.717, 1.165) is 17.9 Å². The second-order valence-electron chi connectivity index (χ2n) is 4.04. The summed E-state index contributed by atoms with van der Waals surface area (Å²) in [5, 5.41) is 4.15. The van der Waals surface area contributed by atoms with E-state index in [1.165, 1.54) is 5.56 Å². The van der Waals surface area contributed by atoms with Crippen LogP contribution in [0, 0.1) is 0 Å². The molecule has 1 aromatic carbocycles. The lowest BCUT2D eigenvalue weighted by molar-refractivity contribution is 0.414. The minimum absolute atomic E-state index is 0.406. The van der Waals surface area contributed by atoms with E-state index in [1.807, 2.05) is 30.3 Å². The highest BCUT2D eigenvalue weighted by molar-refractivity contribution is 6.32. The van der Waals surface area contributed by atoms with Crippen molar-refractivity contribution in [3.63, 3.8) is 0 Å². The molecule has 0 bridgehead atoms. The number of hydrogen-bond acceptors (Lipinski definition) is 3. The lowest BCUT2D eigenvalue weighted by atomic mass is 10.2. The molecule has 0 atom stereocenters. The van der Waals surface area contributed by atoms with E-state index in [4.69, 9.17) is 27.9 Å². The largest absolute Gasteiger partial charge is 0.497 e. The van der Waals surface area contributed by atoms with Crippen molar-refractivity contribution in [3.05, 3.63) is 57.8 Å². The Hall–Kier alpha value is -1.29. The summed E-state index contributed by atoms with van der Waals surface area (Å²) in [6.07, 6.45) is 0. The SMILES string of the molecule is COc1ccc(CNCc2ccc(Cl)nc2Cl)cc1. The maximum absolute atomic E-state index is 6.00. The molecule has 0 aliphatic rings. The summed E-state index contributed by atoms with van der Waals surface area (Å²) in [6.45, 7) is 1.40. The van der Waals surface area contributed by atoms with Crippen molar-refractivity contribution >= 4 is 23.2 Å². The summed E-state index contributed by atoms with van der Waals surface area (Å²) in [6, 6.07) is 11.5. The smallest absolute Gasteiger partial charge is 0.135 e. The summed E-state index contributed by atoms with van der Waals surface area (Å²) in [5.74, 6) is 0.855. The highest BCUT2D eigenvalue weighted by atomic mass is 35.5. The lowest BCUT2D eigenvalue weighted by Crippen LogP contribution is -2.13. The number of benzene rings is 1. The molecular weight excluding hydrogens is 283 g/mol. The molecule has 2 rings (SSSR count). The average Bonchev–Trinajstić information content (AvgIpc) is 2.42. The molecule has 0 fully saturated rings. The molecule has 2 aromatic rings. The van der Waals surface area contributed by atoms with Crippen LogP contribution in [0.5, 0.6) is 5.75 Å². The van der Waals surface area contributed by atoms with Crippen molar-refractivity contribution in [1.29, 1.82) is 0 Å². The first-order chi connectivity index (χ1) is 9.19. The molecule has 1 N–H and O–H groups in total. The molecule has 0 saturated heterocycles. The second-order valence-corrected chi connectivity index (χ2v) is 4.78. The van der Waals surface area contributed by atoms with Crippen LogP contribution in [0.15, 0.2) is 36.4 Å². The van der Waals surface area contributed by atoms with Gasteiger partial charge in [0.1, 0.15) is 16.1 Å². The monoisotopic (exact) mass is 296 g/mol. The number of aromatic nitrogens is 1. The number of nitrogens with zero attached hydrogens (tertiary/aromatic N) is 1. The molecule has 0 unspecified atom stereocenters. The van der Waals surface area contributed by atoms with Gasteiger partial charge in [-0.25, -0.2) is 4.98 Å². The minimum Gasteiger partial charge on any atom is -0.497 e. The third-order valence-electron chi connectivity index (χ3n) is 2.70. The molecule has 0 radical (unpaired) electrons. The third-order valence-corrected chi connectivity index (χ3v) is 3.23. The van der Waals surface area contributed by atoms with Gasteiger partial charge in [0.25, 0.3) is 0 Å². The normalized spacial score (nSPS) is 10.5. The zero-order chi connectivity index (χ0) is 13.7. The van der Waals surface area contributed by atoms with Crippen LogP contribution in [-0.4, -0.2) is 12.1 Å². The first kappa shape index (κ1) is 14.1. The number of methoxy groups -OCH3 is 1. The Kier molecular flexibility index (Phi) is 5.02. The van der Waals surface area contributed by atoms with Gasteiger partial charge in [-0.15, -0.1) is 0 Å². The number of pyridine rings is 1. The van der Waals surface area contributed by atoms with Gasteiger partial charge in [0.15, 0.2) is 0 Å². The van der Waals surface area contributed by atoms with Gasteiger partial charge in [0.2, 0.25) is 0 Å². The van der Waals surface area contributed by atoms with Gasteiger partial charge in [0, 0.05) is 18.7 Å². The van der Waals surface area contributed by atoms with Crippen LogP contribution in [0.2, 0.25) is 10.3 Å². The van der Waals surface area contributed by atoms with Gasteiger partial charge in [0.05, 0.1) is 7.11 Å². The van der Waals surface area contributed by atoms with E-state index < -0.39 is 0 Å². The average molecular weight is 297 g/mol. The van der Waals surface area contributed by atoms with E-state index in [-0.39, 0.29) is 0 Å². The fourth-order valence-corrected chi connectivity index (χ4v) is 2.07. The van der Waals surface area contributed by atoms with Crippen LogP contribution in [0.3, 0.4) is 0 Å². The quantitative estimate of drug-likeness (QED) is 0.855. The van der Waals surface area contributed by atoms with E-state index in [1.54, 1.807) is 13.2 Å². The summed E-state index contributed by atoms with van der Waals surface area (Å²) in [4.78, 5) is 4.00. The Morgan fingerprint density at radius 3 is 2.42 bits per heavy atom. The van der Waals surface area contributed by atoms with Crippen molar-refractivity contribution < 1.29 is 4.74 Å². The molecule has 5 heteroatoms. The molecule has 19 heavy (non-hydrogen) atoms. The fraction of sp³-hybridized carbons (Fsp3) is 0.214. The van der Waals surface area contributed by atoms with Crippen LogP contribution in [-0.2, 0) is 13.1 Å². The minimum atomic E-state index is 0.406. The molecule has 0 aliphatic carbocycles. The van der Waals surface area contributed by atoms with Crippen LogP contribution >= 0.6 is 23.2 Å². The Balaban J connectivity index is 1.88. The molecule has 0 saturated carbocycles. The Bertz CT molecular complexity index is 544. The van der Waals surface area contributed by atoms with Crippen molar-refractivity contribution in [1.82, 2.24) is 10.3 Å². The maximum Gasteiger partial charge on any atom is 0.135 e. The first-order valence-electron chi connectivity index (χ1n) is 5.83. The third kappa shape index (κ3) is 4.10. The van der Waals surface area contributed by atoms with Crippen LogP contribution in [0.4, 0.5) is 0 Å². The first-order valence-corrected chi connectivity index (χ1v) is 6.59. The topological polar surface area (TPSA) is 34.1 Å². The van der Waals surface area contributed by atoms with Crippen LogP contribution in [0.25, 0.3) is 0 Å². The standard InChI is InChI=1S/C14H14Cl2N2O/c1-19-12-5-2-10(3-6-12)8-17-9-11-4-7-13(15)18-14(11)16/h2-7,17H,8-9H2,1H3. The number of rotatable bonds is 5. The summed E-state index contributed by atoms with van der Waals surface area (Å²) in [7, 11) is 1.66. The van der Waals surface area contributed by atoms with E-state index in [2.05, 4.69) is 10.3 Å². The van der Waals surface area contributed by atoms with Crippen molar-refractivity contribution in [2.24, 2.45) is 0 Å². The zero-order valence-corrected chi connectivity index (χ0v) is 12.0. The van der Waals surface area contributed by atoms with E-state index in [0.29, 0.717) is 16.9 Å².